The number of nitriles is 1. The minimum atomic E-state index is -0.526. The van der Waals surface area contributed by atoms with Crippen LogP contribution in [0.4, 0.5) is 9.80 Å². The number of alkyl carbamates (subject to hydrolysis) is 1. The van der Waals surface area contributed by atoms with Crippen LogP contribution in [0.1, 0.15) is 45.9 Å². The van der Waals surface area contributed by atoms with E-state index in [9.17, 15) is 14.9 Å². The summed E-state index contributed by atoms with van der Waals surface area (Å²) in [7, 11) is 1.61. The first-order valence-corrected chi connectivity index (χ1v) is 12.1. The number of fused-ring (bicyclic) bond motifs is 1. The third-order valence-electron chi connectivity index (χ3n) is 5.72. The molecule has 1 atom stereocenters. The minimum Gasteiger partial charge on any atom is -0.497 e. The van der Waals surface area contributed by atoms with E-state index in [2.05, 4.69) is 21.9 Å². The maximum atomic E-state index is 12.6. The van der Waals surface area contributed by atoms with Gasteiger partial charge in [0.05, 0.1) is 19.2 Å². The number of benzene rings is 1. The monoisotopic (exact) mass is 494 g/mol. The van der Waals surface area contributed by atoms with Gasteiger partial charge in [0.1, 0.15) is 34.4 Å². The second-order valence-electron chi connectivity index (χ2n) is 8.27. The van der Waals surface area contributed by atoms with Crippen LogP contribution in [0, 0.1) is 18.3 Å². The number of hydrogen-bond donors (Lipinski definition) is 2. The molecule has 0 spiro atoms. The number of anilines is 1. The first kappa shape index (κ1) is 24.3. The molecule has 1 aromatic carbocycles. The molecule has 2 heterocycles. The highest BCUT2D eigenvalue weighted by Gasteiger charge is 2.28. The summed E-state index contributed by atoms with van der Waals surface area (Å²) in [5, 5.41) is 19.7. The van der Waals surface area contributed by atoms with Gasteiger partial charge in [0.2, 0.25) is 5.91 Å². The van der Waals surface area contributed by atoms with Gasteiger partial charge in [-0.15, -0.1) is 11.3 Å². The molecule has 35 heavy (non-hydrogen) atoms. The summed E-state index contributed by atoms with van der Waals surface area (Å²) in [4.78, 5) is 25.7. The molecule has 0 bridgehead atoms. The molecule has 0 saturated carbocycles. The van der Waals surface area contributed by atoms with Gasteiger partial charge in [0.25, 0.3) is 0 Å². The van der Waals surface area contributed by atoms with Gasteiger partial charge in [-0.1, -0.05) is 17.3 Å². The summed E-state index contributed by atoms with van der Waals surface area (Å²) in [5.74, 6) is 1.27. The molecule has 1 aliphatic carbocycles. The predicted octanol–water partition coefficient (Wildman–Crippen LogP) is 4.28. The molecule has 10 heteroatoms. The van der Waals surface area contributed by atoms with Crippen molar-refractivity contribution in [1.82, 2.24) is 10.5 Å². The van der Waals surface area contributed by atoms with Crippen LogP contribution in [0.2, 0.25) is 0 Å². The fraction of sp³-hybridized carbons (Fsp3) is 0.360. The van der Waals surface area contributed by atoms with Crippen LogP contribution in [0.3, 0.4) is 0 Å². The Morgan fingerprint density at radius 3 is 2.94 bits per heavy atom. The van der Waals surface area contributed by atoms with Gasteiger partial charge < -0.3 is 24.6 Å². The summed E-state index contributed by atoms with van der Waals surface area (Å²) in [6, 6.07) is 11.6. The van der Waals surface area contributed by atoms with Gasteiger partial charge in [-0.25, -0.2) is 4.79 Å². The summed E-state index contributed by atoms with van der Waals surface area (Å²) in [6.45, 7) is 2.00. The Bertz CT molecular complexity index is 1260. The lowest BCUT2D eigenvalue weighted by Gasteiger charge is -2.22. The molecule has 2 aromatic heterocycles. The molecule has 9 nitrogen and oxygen atoms in total. The van der Waals surface area contributed by atoms with E-state index in [4.69, 9.17) is 14.0 Å². The van der Waals surface area contributed by atoms with Crippen LogP contribution >= 0.6 is 11.3 Å². The van der Waals surface area contributed by atoms with Crippen LogP contribution < -0.4 is 15.4 Å². The Morgan fingerprint density at radius 1 is 1.34 bits per heavy atom. The summed E-state index contributed by atoms with van der Waals surface area (Å²) in [5.41, 5.74) is 3.06. The Kier molecular flexibility index (Phi) is 7.67. The van der Waals surface area contributed by atoms with Crippen LogP contribution in [-0.2, 0) is 35.3 Å². The van der Waals surface area contributed by atoms with E-state index >= 15 is 0 Å². The lowest BCUT2D eigenvalue weighted by molar-refractivity contribution is -0.116. The molecule has 2 amide bonds. The number of nitrogens with zero attached hydrogens (tertiary/aromatic N) is 2. The highest BCUT2D eigenvalue weighted by atomic mass is 32.1. The molecule has 3 aromatic rings. The first-order chi connectivity index (χ1) is 16.9. The number of carbonyl (C=O) groups excluding carboxylic acids is 2. The first-order valence-electron chi connectivity index (χ1n) is 11.3. The van der Waals surface area contributed by atoms with Gasteiger partial charge >= 0.3 is 6.09 Å². The smallest absolute Gasteiger partial charge is 0.407 e. The zero-order valence-corrected chi connectivity index (χ0v) is 20.4. The number of ether oxygens (including phenoxy) is 2. The lowest BCUT2D eigenvalue weighted by atomic mass is 9.94. The molecule has 4 rings (SSSR count). The fourth-order valence-corrected chi connectivity index (χ4v) is 5.27. The highest BCUT2D eigenvalue weighted by Crippen LogP contribution is 2.38. The number of nitrogens with one attached hydrogen (secondary N) is 2. The average Bonchev–Trinajstić information content (AvgIpc) is 3.43. The van der Waals surface area contributed by atoms with E-state index in [0.29, 0.717) is 47.7 Å². The highest BCUT2D eigenvalue weighted by molar-refractivity contribution is 7.16. The van der Waals surface area contributed by atoms with Crippen molar-refractivity contribution >= 4 is 28.3 Å². The second-order valence-corrected chi connectivity index (χ2v) is 9.38. The van der Waals surface area contributed by atoms with Crippen molar-refractivity contribution < 1.29 is 23.6 Å². The molecule has 2 N–H and O–H groups in total. The minimum absolute atomic E-state index is 0.154. The lowest BCUT2D eigenvalue weighted by Crippen LogP contribution is -2.31. The maximum absolute atomic E-state index is 12.6. The summed E-state index contributed by atoms with van der Waals surface area (Å²) < 4.78 is 15.8. The number of methoxy groups -OCH3 is 1. The van der Waals surface area contributed by atoms with E-state index in [1.807, 2.05) is 24.3 Å². The molecule has 1 unspecified atom stereocenters. The molecule has 0 saturated heterocycles. The third-order valence-corrected chi connectivity index (χ3v) is 6.89. The number of aromatic nitrogens is 1. The van der Waals surface area contributed by atoms with Crippen molar-refractivity contribution in [1.29, 1.82) is 5.26 Å². The predicted molar refractivity (Wildman–Crippen MR) is 129 cm³/mol. The largest absolute Gasteiger partial charge is 0.497 e. The van der Waals surface area contributed by atoms with Crippen LogP contribution in [-0.4, -0.2) is 30.4 Å². The maximum Gasteiger partial charge on any atom is 0.407 e. The molecule has 0 fully saturated rings. The zero-order chi connectivity index (χ0) is 24.8. The van der Waals surface area contributed by atoms with Gasteiger partial charge in [0, 0.05) is 23.8 Å². The number of hydrogen-bond acceptors (Lipinski definition) is 8. The SMILES string of the molecule is COc1cccc(CCC(=O)Nc2sc3c(c2C#N)CCC(OC(=O)NCc2cc(C)on2)C3)c1. The standard InChI is InChI=1S/C25H26N4O5S/c1-15-10-17(29-34-15)14-27-25(31)33-19-7-8-20-21(13-26)24(35-22(20)12-19)28-23(30)9-6-16-4-3-5-18(11-16)32-2/h3-5,10-11,19H,6-9,12,14H2,1-2H3,(H,27,31)(H,28,30). The van der Waals surface area contributed by atoms with Gasteiger partial charge in [-0.3, -0.25) is 4.79 Å². The van der Waals surface area contributed by atoms with E-state index in [-0.39, 0.29) is 25.0 Å². The van der Waals surface area contributed by atoms with Crippen LogP contribution in [0.25, 0.3) is 0 Å². The Balaban J connectivity index is 1.32. The second kappa shape index (κ2) is 11.1. The molecule has 0 aliphatic heterocycles. The molecular weight excluding hydrogens is 468 g/mol. The van der Waals surface area contributed by atoms with E-state index in [1.54, 1.807) is 20.1 Å². The molecule has 182 valence electrons. The normalized spacial score (nSPS) is 14.5. The van der Waals surface area contributed by atoms with E-state index in [0.717, 1.165) is 21.8 Å². The van der Waals surface area contributed by atoms with Crippen molar-refractivity contribution in [2.24, 2.45) is 0 Å². The molecule has 1 aliphatic rings. The number of aryl methyl sites for hydroxylation is 2. The number of carbonyl (C=O) groups is 2. The van der Waals surface area contributed by atoms with Gasteiger partial charge in [-0.05, 0) is 49.4 Å². The Labute approximate surface area is 207 Å². The van der Waals surface area contributed by atoms with Crippen molar-refractivity contribution in [2.75, 3.05) is 12.4 Å². The molecular formula is C25H26N4O5S. The van der Waals surface area contributed by atoms with Crippen molar-refractivity contribution in [3.63, 3.8) is 0 Å². The van der Waals surface area contributed by atoms with Crippen molar-refractivity contribution in [2.45, 2.75) is 51.7 Å². The van der Waals surface area contributed by atoms with Crippen LogP contribution in [0.5, 0.6) is 5.75 Å². The molecule has 0 radical (unpaired) electrons. The number of amides is 2. The van der Waals surface area contributed by atoms with Crippen LogP contribution in [0.15, 0.2) is 34.9 Å². The quantitative estimate of drug-likeness (QED) is 0.478. The van der Waals surface area contributed by atoms with Gasteiger partial charge in [0.15, 0.2) is 0 Å². The Morgan fingerprint density at radius 2 is 2.20 bits per heavy atom. The average molecular weight is 495 g/mol. The zero-order valence-electron chi connectivity index (χ0n) is 19.6. The number of thiophene rings is 1. The number of rotatable bonds is 8. The summed E-state index contributed by atoms with van der Waals surface area (Å²) >= 11 is 1.38. The Hall–Kier alpha value is -3.84. The van der Waals surface area contributed by atoms with Crippen molar-refractivity contribution in [3.8, 4) is 11.8 Å². The van der Waals surface area contributed by atoms with Gasteiger partial charge in [-0.2, -0.15) is 5.26 Å². The topological polar surface area (TPSA) is 126 Å². The van der Waals surface area contributed by atoms with E-state index < -0.39 is 6.09 Å². The summed E-state index contributed by atoms with van der Waals surface area (Å²) in [6.07, 6.45) is 1.75. The van der Waals surface area contributed by atoms with E-state index in [1.165, 1.54) is 11.3 Å². The third kappa shape index (κ3) is 6.19. The van der Waals surface area contributed by atoms with Crippen molar-refractivity contribution in [3.05, 3.63) is 63.4 Å². The fourth-order valence-electron chi connectivity index (χ4n) is 3.99.